The number of aromatic nitrogens is 1. The molecule has 0 unspecified atom stereocenters. The van der Waals surface area contributed by atoms with E-state index in [-0.39, 0.29) is 11.8 Å². The molecule has 2 N–H and O–H groups in total. The number of benzene rings is 2. The third-order valence-electron chi connectivity index (χ3n) is 4.54. The Morgan fingerprint density at radius 3 is 2.52 bits per heavy atom. The number of nitrogens with zero attached hydrogens (tertiary/aromatic N) is 1. The van der Waals surface area contributed by atoms with Crippen LogP contribution in [0, 0.1) is 0 Å². The van der Waals surface area contributed by atoms with Crippen LogP contribution in [0.1, 0.15) is 35.5 Å². The van der Waals surface area contributed by atoms with Gasteiger partial charge in [-0.05, 0) is 68.0 Å². The van der Waals surface area contributed by atoms with Crippen molar-refractivity contribution in [3.8, 4) is 11.5 Å². The predicted octanol–water partition coefficient (Wildman–Crippen LogP) is 4.46. The van der Waals surface area contributed by atoms with Crippen LogP contribution in [0.25, 0.3) is 6.08 Å². The first-order valence-corrected chi connectivity index (χ1v) is 10.8. The number of rotatable bonds is 10. The van der Waals surface area contributed by atoms with Crippen LogP contribution < -0.4 is 20.1 Å². The molecule has 2 aromatic carbocycles. The van der Waals surface area contributed by atoms with Gasteiger partial charge in [0.25, 0.3) is 5.91 Å². The number of carbonyl (C=O) groups excluding carboxylic acids is 2. The monoisotopic (exact) mass is 445 g/mol. The minimum absolute atomic E-state index is 0.245. The van der Waals surface area contributed by atoms with Gasteiger partial charge >= 0.3 is 0 Å². The molecule has 0 saturated heterocycles. The van der Waals surface area contributed by atoms with Crippen LogP contribution in [0.3, 0.4) is 0 Å². The second-order valence-electron chi connectivity index (χ2n) is 6.98. The number of nitrogens with one attached hydrogen (secondary N) is 2. The molecule has 0 bridgehead atoms. The van der Waals surface area contributed by atoms with Gasteiger partial charge in [0, 0.05) is 23.5 Å². The van der Waals surface area contributed by atoms with Gasteiger partial charge in [-0.15, -0.1) is 0 Å². The summed E-state index contributed by atoms with van der Waals surface area (Å²) in [5, 5.41) is 5.60. The number of anilines is 1. The molecule has 3 rings (SSSR count). The van der Waals surface area contributed by atoms with Crippen LogP contribution in [0.15, 0.2) is 72.9 Å². The second kappa shape index (κ2) is 12.0. The van der Waals surface area contributed by atoms with Crippen LogP contribution in [-0.4, -0.2) is 30.0 Å². The minimum atomic E-state index is -0.312. The van der Waals surface area contributed by atoms with Crippen molar-refractivity contribution in [2.75, 3.05) is 18.5 Å². The first-order valence-electron chi connectivity index (χ1n) is 10.8. The van der Waals surface area contributed by atoms with Crippen molar-refractivity contribution in [1.82, 2.24) is 10.3 Å². The molecule has 0 fully saturated rings. The molecule has 3 aromatic rings. The third kappa shape index (κ3) is 7.21. The van der Waals surface area contributed by atoms with Gasteiger partial charge in [-0.1, -0.05) is 18.2 Å². The van der Waals surface area contributed by atoms with E-state index < -0.39 is 0 Å². The van der Waals surface area contributed by atoms with Crippen molar-refractivity contribution < 1.29 is 19.1 Å². The first-order chi connectivity index (χ1) is 16.1. The average molecular weight is 446 g/mol. The van der Waals surface area contributed by atoms with Crippen molar-refractivity contribution in [2.24, 2.45) is 0 Å². The van der Waals surface area contributed by atoms with E-state index in [4.69, 9.17) is 9.47 Å². The van der Waals surface area contributed by atoms with Gasteiger partial charge in [0.1, 0.15) is 0 Å². The molecular weight excluding hydrogens is 418 g/mol. The van der Waals surface area contributed by atoms with Gasteiger partial charge in [0.2, 0.25) is 5.91 Å². The Hall–Kier alpha value is -4.13. The molecule has 7 nitrogen and oxygen atoms in total. The van der Waals surface area contributed by atoms with Crippen molar-refractivity contribution in [1.29, 1.82) is 0 Å². The minimum Gasteiger partial charge on any atom is -0.490 e. The average Bonchev–Trinajstić information content (AvgIpc) is 2.84. The summed E-state index contributed by atoms with van der Waals surface area (Å²) in [5.74, 6) is 0.739. The molecule has 0 aliphatic carbocycles. The van der Waals surface area contributed by atoms with Crippen LogP contribution in [0.5, 0.6) is 11.5 Å². The highest BCUT2D eigenvalue weighted by atomic mass is 16.5. The maximum atomic E-state index is 12.4. The molecule has 0 saturated carbocycles. The molecule has 33 heavy (non-hydrogen) atoms. The zero-order valence-electron chi connectivity index (χ0n) is 18.7. The van der Waals surface area contributed by atoms with Gasteiger partial charge in [0.15, 0.2) is 11.5 Å². The Bertz CT molecular complexity index is 1110. The molecule has 0 aliphatic rings. The summed E-state index contributed by atoms with van der Waals surface area (Å²) in [5.41, 5.74) is 2.54. The second-order valence-corrected chi connectivity index (χ2v) is 6.98. The smallest absolute Gasteiger partial charge is 0.251 e. The molecule has 1 heterocycles. The molecule has 1 aromatic heterocycles. The largest absolute Gasteiger partial charge is 0.490 e. The van der Waals surface area contributed by atoms with Gasteiger partial charge in [-0.2, -0.15) is 0 Å². The highest BCUT2D eigenvalue weighted by Gasteiger charge is 2.08. The van der Waals surface area contributed by atoms with Crippen molar-refractivity contribution in [2.45, 2.75) is 20.4 Å². The van der Waals surface area contributed by atoms with Crippen LogP contribution in [0.2, 0.25) is 0 Å². The number of ether oxygens (including phenoxy) is 2. The molecular formula is C26H27N3O4. The van der Waals surface area contributed by atoms with E-state index in [2.05, 4.69) is 15.6 Å². The van der Waals surface area contributed by atoms with E-state index in [1.807, 2.05) is 50.2 Å². The van der Waals surface area contributed by atoms with Gasteiger partial charge < -0.3 is 20.1 Å². The Morgan fingerprint density at radius 1 is 0.939 bits per heavy atom. The summed E-state index contributed by atoms with van der Waals surface area (Å²) in [7, 11) is 0. The number of amides is 2. The van der Waals surface area contributed by atoms with Gasteiger partial charge in [-0.25, -0.2) is 0 Å². The number of carbonyl (C=O) groups is 2. The lowest BCUT2D eigenvalue weighted by Crippen LogP contribution is -2.23. The fourth-order valence-corrected chi connectivity index (χ4v) is 3.04. The zero-order chi connectivity index (χ0) is 23.5. The molecule has 170 valence electrons. The number of pyridine rings is 1. The Labute approximate surface area is 193 Å². The number of hydrogen-bond donors (Lipinski definition) is 2. The van der Waals surface area contributed by atoms with E-state index >= 15 is 0 Å². The Kier molecular flexibility index (Phi) is 8.59. The van der Waals surface area contributed by atoms with E-state index in [0.717, 1.165) is 11.3 Å². The van der Waals surface area contributed by atoms with Gasteiger partial charge in [0.05, 0.1) is 25.5 Å². The summed E-state index contributed by atoms with van der Waals surface area (Å²) in [6.07, 6.45) is 4.80. The SMILES string of the molecule is CCOc1ccc(C=CC(=O)Nc2cccc(C(=O)NCc3ccccn3)c2)cc1OCC. The summed E-state index contributed by atoms with van der Waals surface area (Å²) in [6, 6.07) is 17.8. The first kappa shape index (κ1) is 23.5. The van der Waals surface area contributed by atoms with Crippen LogP contribution in [-0.2, 0) is 11.3 Å². The standard InChI is InChI=1S/C26H27N3O4/c1-3-32-23-13-11-19(16-24(23)33-4-2)12-14-25(30)29-21-10-7-8-20(17-21)26(31)28-18-22-9-5-6-15-27-22/h5-17H,3-4,18H2,1-2H3,(H,28,31)(H,29,30). The van der Waals surface area contributed by atoms with Crippen molar-refractivity contribution in [3.63, 3.8) is 0 Å². The lowest BCUT2D eigenvalue weighted by Gasteiger charge is -2.11. The Morgan fingerprint density at radius 2 is 1.76 bits per heavy atom. The van der Waals surface area contributed by atoms with E-state index in [0.29, 0.717) is 42.5 Å². The van der Waals surface area contributed by atoms with Gasteiger partial charge in [-0.3, -0.25) is 14.6 Å². The van der Waals surface area contributed by atoms with Crippen molar-refractivity contribution >= 4 is 23.6 Å². The summed E-state index contributed by atoms with van der Waals surface area (Å²) in [4.78, 5) is 29.0. The predicted molar refractivity (Wildman–Crippen MR) is 128 cm³/mol. The molecule has 0 atom stereocenters. The highest BCUT2D eigenvalue weighted by molar-refractivity contribution is 6.03. The summed E-state index contributed by atoms with van der Waals surface area (Å²) < 4.78 is 11.2. The van der Waals surface area contributed by atoms with E-state index in [1.165, 1.54) is 6.08 Å². The highest BCUT2D eigenvalue weighted by Crippen LogP contribution is 2.29. The van der Waals surface area contributed by atoms with Crippen molar-refractivity contribution in [3.05, 3.63) is 89.8 Å². The molecule has 2 amide bonds. The van der Waals surface area contributed by atoms with E-state index in [9.17, 15) is 9.59 Å². The maximum Gasteiger partial charge on any atom is 0.251 e. The fraction of sp³-hybridized carbons (Fsp3) is 0.192. The quantitative estimate of drug-likeness (QED) is 0.450. The molecule has 0 spiro atoms. The Balaban J connectivity index is 1.60. The lowest BCUT2D eigenvalue weighted by molar-refractivity contribution is -0.111. The molecule has 0 radical (unpaired) electrons. The zero-order valence-corrected chi connectivity index (χ0v) is 18.7. The molecule has 0 aliphatic heterocycles. The topological polar surface area (TPSA) is 89.5 Å². The third-order valence-corrected chi connectivity index (χ3v) is 4.54. The number of hydrogen-bond acceptors (Lipinski definition) is 5. The maximum absolute atomic E-state index is 12.4. The summed E-state index contributed by atoms with van der Waals surface area (Å²) in [6.45, 7) is 5.19. The lowest BCUT2D eigenvalue weighted by atomic mass is 10.1. The normalized spacial score (nSPS) is 10.6. The molecule has 7 heteroatoms. The fourth-order valence-electron chi connectivity index (χ4n) is 3.04. The van der Waals surface area contributed by atoms with Crippen LogP contribution >= 0.6 is 0 Å². The summed E-state index contributed by atoms with van der Waals surface area (Å²) >= 11 is 0. The van der Waals surface area contributed by atoms with E-state index in [1.54, 1.807) is 36.5 Å². The van der Waals surface area contributed by atoms with Crippen LogP contribution in [0.4, 0.5) is 5.69 Å².